The second-order valence-electron chi connectivity index (χ2n) is 6.48. The first-order chi connectivity index (χ1) is 13.6. The van der Waals surface area contributed by atoms with Crippen LogP contribution < -0.4 is 16.0 Å². The molecule has 1 amide bonds. The van der Waals surface area contributed by atoms with E-state index in [-0.39, 0.29) is 23.2 Å². The van der Waals surface area contributed by atoms with Crippen molar-refractivity contribution in [3.05, 3.63) is 76.0 Å². The van der Waals surface area contributed by atoms with Crippen molar-refractivity contribution in [1.29, 1.82) is 0 Å². The lowest BCUT2D eigenvalue weighted by molar-refractivity contribution is 0.0727. The Morgan fingerprint density at radius 2 is 2.04 bits per heavy atom. The average Bonchev–Trinajstić information content (AvgIpc) is 2.73. The van der Waals surface area contributed by atoms with Crippen LogP contribution in [0, 0.1) is 0 Å². The Labute approximate surface area is 161 Å². The number of carbonyl (C=O) groups is 1. The lowest BCUT2D eigenvalue weighted by Gasteiger charge is -2.28. The number of nitrogens with two attached hydrogens (primary N) is 1. The number of para-hydroxylation sites is 1. The van der Waals surface area contributed by atoms with Crippen LogP contribution in [0.4, 0.5) is 5.95 Å². The minimum absolute atomic E-state index is 0.184. The van der Waals surface area contributed by atoms with E-state index in [2.05, 4.69) is 9.97 Å². The van der Waals surface area contributed by atoms with Crippen LogP contribution >= 0.6 is 0 Å². The second kappa shape index (κ2) is 7.15. The Morgan fingerprint density at radius 3 is 2.79 bits per heavy atom. The van der Waals surface area contributed by atoms with Crippen molar-refractivity contribution in [2.24, 2.45) is 0 Å². The summed E-state index contributed by atoms with van der Waals surface area (Å²) in [6, 6.07) is 10.5. The number of methoxy groups -OCH3 is 1. The quantitative estimate of drug-likeness (QED) is 0.740. The van der Waals surface area contributed by atoms with Gasteiger partial charge < -0.3 is 15.4 Å². The van der Waals surface area contributed by atoms with Gasteiger partial charge in [0.25, 0.3) is 11.5 Å². The molecule has 0 aliphatic carbocycles. The van der Waals surface area contributed by atoms with Crippen LogP contribution in [-0.4, -0.2) is 39.0 Å². The first-order valence-electron chi connectivity index (χ1n) is 8.82. The third-order valence-corrected chi connectivity index (χ3v) is 4.75. The predicted molar refractivity (Wildman–Crippen MR) is 103 cm³/mol. The first kappa shape index (κ1) is 17.7. The molecule has 8 heteroatoms. The summed E-state index contributed by atoms with van der Waals surface area (Å²) in [6.07, 6.45) is 3.88. The molecule has 3 aromatic rings. The van der Waals surface area contributed by atoms with Gasteiger partial charge in [0.15, 0.2) is 0 Å². The van der Waals surface area contributed by atoms with Crippen LogP contribution in [0.2, 0.25) is 0 Å². The second-order valence-corrected chi connectivity index (χ2v) is 6.48. The highest BCUT2D eigenvalue weighted by Crippen LogP contribution is 2.23. The molecule has 2 N–H and O–H groups in total. The molecule has 0 fully saturated rings. The number of ether oxygens (including phenoxy) is 1. The van der Waals surface area contributed by atoms with Gasteiger partial charge in [-0.15, -0.1) is 0 Å². The zero-order chi connectivity index (χ0) is 19.7. The van der Waals surface area contributed by atoms with Crippen molar-refractivity contribution in [3.63, 3.8) is 0 Å². The number of hydrogen-bond acceptors (Lipinski definition) is 6. The molecular formula is C20H19N5O3. The van der Waals surface area contributed by atoms with Gasteiger partial charge in [-0.25, -0.2) is 9.97 Å². The number of aromatic nitrogens is 3. The van der Waals surface area contributed by atoms with Crippen LogP contribution in [0.1, 0.15) is 21.6 Å². The zero-order valence-electron chi connectivity index (χ0n) is 15.3. The Hall–Kier alpha value is -3.68. The van der Waals surface area contributed by atoms with Crippen molar-refractivity contribution in [1.82, 2.24) is 19.4 Å². The van der Waals surface area contributed by atoms with Crippen LogP contribution in [0.3, 0.4) is 0 Å². The summed E-state index contributed by atoms with van der Waals surface area (Å²) in [4.78, 5) is 35.6. The predicted octanol–water partition coefficient (Wildman–Crippen LogP) is 1.42. The Balaban J connectivity index is 1.72. The Bertz CT molecular complexity index is 1090. The topological polar surface area (TPSA) is 103 Å². The van der Waals surface area contributed by atoms with Crippen LogP contribution in [-0.2, 0) is 13.0 Å². The highest BCUT2D eigenvalue weighted by molar-refractivity contribution is 5.96. The SMILES string of the molecule is COc1cc(=O)n(-c2ccccc2)cc1C(=O)N1CCc2cnc(N)nc2C1. The molecule has 0 radical (unpaired) electrons. The molecular weight excluding hydrogens is 358 g/mol. The molecule has 28 heavy (non-hydrogen) atoms. The molecule has 0 saturated heterocycles. The van der Waals surface area contributed by atoms with Gasteiger partial charge in [0.2, 0.25) is 5.95 Å². The lowest BCUT2D eigenvalue weighted by Crippen LogP contribution is -2.37. The molecule has 3 heterocycles. The van der Waals surface area contributed by atoms with Gasteiger partial charge in [0.1, 0.15) is 5.75 Å². The molecule has 0 unspecified atom stereocenters. The molecule has 1 aromatic carbocycles. The molecule has 0 atom stereocenters. The van der Waals surface area contributed by atoms with Crippen molar-refractivity contribution >= 4 is 11.9 Å². The molecule has 4 rings (SSSR count). The molecule has 1 aliphatic heterocycles. The van der Waals surface area contributed by atoms with E-state index in [1.807, 2.05) is 18.2 Å². The summed E-state index contributed by atoms with van der Waals surface area (Å²) in [5.74, 6) is 0.197. The maximum atomic E-state index is 13.2. The van der Waals surface area contributed by atoms with Crippen molar-refractivity contribution < 1.29 is 9.53 Å². The molecule has 1 aliphatic rings. The lowest BCUT2D eigenvalue weighted by atomic mass is 10.1. The summed E-state index contributed by atoms with van der Waals surface area (Å²) in [5.41, 5.74) is 8.12. The van der Waals surface area contributed by atoms with Crippen LogP contribution in [0.5, 0.6) is 5.75 Å². The molecule has 142 valence electrons. The van der Waals surface area contributed by atoms with Gasteiger partial charge in [-0.3, -0.25) is 14.2 Å². The standard InChI is InChI=1S/C20H19N5O3/c1-28-17-9-18(26)25(14-5-3-2-4-6-14)11-15(17)19(27)24-8-7-13-10-22-20(21)23-16(13)12-24/h2-6,9-11H,7-8,12H2,1H3,(H2,21,22,23). The first-order valence-corrected chi connectivity index (χ1v) is 8.82. The van der Waals surface area contributed by atoms with E-state index < -0.39 is 0 Å². The minimum Gasteiger partial charge on any atom is -0.496 e. The highest BCUT2D eigenvalue weighted by atomic mass is 16.5. The van der Waals surface area contributed by atoms with E-state index in [0.717, 1.165) is 11.3 Å². The summed E-state index contributed by atoms with van der Waals surface area (Å²) in [7, 11) is 1.44. The van der Waals surface area contributed by atoms with Crippen LogP contribution in [0.15, 0.2) is 53.6 Å². The number of fused-ring (bicyclic) bond motifs is 1. The van der Waals surface area contributed by atoms with E-state index in [0.29, 0.717) is 30.8 Å². The summed E-state index contributed by atoms with van der Waals surface area (Å²) in [5, 5.41) is 0. The number of hydrogen-bond donors (Lipinski definition) is 1. The number of benzene rings is 1. The number of nitrogens with zero attached hydrogens (tertiary/aromatic N) is 4. The monoisotopic (exact) mass is 377 g/mol. The number of anilines is 1. The van der Waals surface area contributed by atoms with Gasteiger partial charge in [-0.05, 0) is 24.1 Å². The normalized spacial score (nSPS) is 13.1. The fourth-order valence-corrected chi connectivity index (χ4v) is 3.30. The van der Waals surface area contributed by atoms with Crippen LogP contribution in [0.25, 0.3) is 5.69 Å². The third-order valence-electron chi connectivity index (χ3n) is 4.75. The van der Waals surface area contributed by atoms with E-state index in [4.69, 9.17) is 10.5 Å². The van der Waals surface area contributed by atoms with Crippen molar-refractivity contribution in [3.8, 4) is 11.4 Å². The van der Waals surface area contributed by atoms with Crippen molar-refractivity contribution in [2.45, 2.75) is 13.0 Å². The van der Waals surface area contributed by atoms with Gasteiger partial charge in [-0.1, -0.05) is 18.2 Å². The van der Waals surface area contributed by atoms with Gasteiger partial charge >= 0.3 is 0 Å². The zero-order valence-corrected chi connectivity index (χ0v) is 15.3. The smallest absolute Gasteiger partial charge is 0.259 e. The Morgan fingerprint density at radius 1 is 1.25 bits per heavy atom. The number of carbonyl (C=O) groups excluding carboxylic acids is 1. The largest absolute Gasteiger partial charge is 0.496 e. The number of rotatable bonds is 3. The molecule has 0 bridgehead atoms. The van der Waals surface area contributed by atoms with E-state index in [1.54, 1.807) is 23.2 Å². The molecule has 0 saturated carbocycles. The fraction of sp³-hybridized carbons (Fsp3) is 0.200. The molecule has 8 nitrogen and oxygen atoms in total. The average molecular weight is 377 g/mol. The maximum absolute atomic E-state index is 13.2. The van der Waals surface area contributed by atoms with E-state index in [9.17, 15) is 9.59 Å². The molecule has 2 aromatic heterocycles. The number of pyridine rings is 1. The highest BCUT2D eigenvalue weighted by Gasteiger charge is 2.26. The van der Waals surface area contributed by atoms with Gasteiger partial charge in [-0.2, -0.15) is 0 Å². The van der Waals surface area contributed by atoms with Gasteiger partial charge in [0, 0.05) is 30.7 Å². The van der Waals surface area contributed by atoms with E-state index >= 15 is 0 Å². The van der Waals surface area contributed by atoms with Crippen molar-refractivity contribution in [2.75, 3.05) is 19.4 Å². The van der Waals surface area contributed by atoms with E-state index in [1.165, 1.54) is 23.9 Å². The Kier molecular flexibility index (Phi) is 4.52. The minimum atomic E-state index is -0.274. The summed E-state index contributed by atoms with van der Waals surface area (Å²) < 4.78 is 6.75. The summed E-state index contributed by atoms with van der Waals surface area (Å²) in [6.45, 7) is 0.848. The van der Waals surface area contributed by atoms with Gasteiger partial charge in [0.05, 0.1) is 24.9 Å². The number of amides is 1. The third kappa shape index (κ3) is 3.20. The number of nitrogen functional groups attached to an aromatic ring is 1. The molecule has 0 spiro atoms. The maximum Gasteiger partial charge on any atom is 0.259 e. The fourth-order valence-electron chi connectivity index (χ4n) is 3.30. The summed E-state index contributed by atoms with van der Waals surface area (Å²) >= 11 is 0.